The van der Waals surface area contributed by atoms with Crippen LogP contribution in [0.25, 0.3) is 0 Å². The fourth-order valence-electron chi connectivity index (χ4n) is 2.18. The summed E-state index contributed by atoms with van der Waals surface area (Å²) in [6, 6.07) is 3.13. The van der Waals surface area contributed by atoms with Gasteiger partial charge in [-0.15, -0.1) is 0 Å². The van der Waals surface area contributed by atoms with Gasteiger partial charge >= 0.3 is 5.69 Å². The molecule has 7 heteroatoms. The van der Waals surface area contributed by atoms with E-state index in [-0.39, 0.29) is 11.6 Å². The maximum atomic E-state index is 10.8. The first-order valence-electron chi connectivity index (χ1n) is 6.32. The average molecular weight is 266 g/mol. The van der Waals surface area contributed by atoms with Gasteiger partial charge in [-0.3, -0.25) is 10.1 Å². The van der Waals surface area contributed by atoms with E-state index in [1.807, 2.05) is 0 Å². The fourth-order valence-corrected chi connectivity index (χ4v) is 2.18. The first kappa shape index (κ1) is 13.5. The standard InChI is InChI=1S/C12H18N4O3/c1-3-14-6-8-15(9-7-14)11-5-4-10(16(17)18)12(13-11)19-2/h4-5H,3,6-9H2,1-2H3. The van der Waals surface area contributed by atoms with Crippen molar-refractivity contribution in [2.75, 3.05) is 44.7 Å². The lowest BCUT2D eigenvalue weighted by molar-refractivity contribution is -0.386. The highest BCUT2D eigenvalue weighted by Crippen LogP contribution is 2.27. The molecule has 0 atom stereocenters. The van der Waals surface area contributed by atoms with Crippen LogP contribution in [-0.4, -0.2) is 54.6 Å². The Labute approximate surface area is 111 Å². The molecule has 0 radical (unpaired) electrons. The van der Waals surface area contributed by atoms with Gasteiger partial charge in [-0.25, -0.2) is 0 Å². The highest BCUT2D eigenvalue weighted by atomic mass is 16.6. The Morgan fingerprint density at radius 2 is 2.05 bits per heavy atom. The predicted octanol–water partition coefficient (Wildman–Crippen LogP) is 1.14. The lowest BCUT2D eigenvalue weighted by atomic mass is 10.3. The number of pyridine rings is 1. The van der Waals surface area contributed by atoms with E-state index in [0.29, 0.717) is 0 Å². The van der Waals surface area contributed by atoms with Crippen molar-refractivity contribution in [3.05, 3.63) is 22.2 Å². The molecule has 0 amide bonds. The third-order valence-electron chi connectivity index (χ3n) is 3.36. The van der Waals surface area contributed by atoms with Crippen LogP contribution in [-0.2, 0) is 0 Å². The van der Waals surface area contributed by atoms with Gasteiger partial charge in [0, 0.05) is 32.2 Å². The van der Waals surface area contributed by atoms with Crippen molar-refractivity contribution in [3.8, 4) is 5.88 Å². The minimum absolute atomic E-state index is 0.0698. The lowest BCUT2D eigenvalue weighted by Gasteiger charge is -2.34. The van der Waals surface area contributed by atoms with Crippen molar-refractivity contribution in [2.24, 2.45) is 0 Å². The molecule has 1 fully saturated rings. The fraction of sp³-hybridized carbons (Fsp3) is 0.583. The van der Waals surface area contributed by atoms with Crippen LogP contribution in [0.1, 0.15) is 6.92 Å². The number of piperazine rings is 1. The molecule has 0 aliphatic carbocycles. The average Bonchev–Trinajstić information content (AvgIpc) is 2.46. The molecular formula is C12H18N4O3. The van der Waals surface area contributed by atoms with Crippen molar-refractivity contribution in [3.63, 3.8) is 0 Å². The molecule has 104 valence electrons. The summed E-state index contributed by atoms with van der Waals surface area (Å²) < 4.78 is 4.99. The van der Waals surface area contributed by atoms with Gasteiger partial charge in [0.25, 0.3) is 5.88 Å². The number of aromatic nitrogens is 1. The van der Waals surface area contributed by atoms with E-state index in [2.05, 4.69) is 21.7 Å². The van der Waals surface area contributed by atoms with Crippen LogP contribution in [0.2, 0.25) is 0 Å². The first-order valence-corrected chi connectivity index (χ1v) is 6.32. The molecule has 0 bridgehead atoms. The normalized spacial score (nSPS) is 16.4. The largest absolute Gasteiger partial charge is 0.476 e. The molecule has 1 aromatic heterocycles. The zero-order chi connectivity index (χ0) is 13.8. The number of rotatable bonds is 4. The summed E-state index contributed by atoms with van der Waals surface area (Å²) in [5.41, 5.74) is -0.0987. The van der Waals surface area contributed by atoms with E-state index < -0.39 is 4.92 Å². The molecular weight excluding hydrogens is 248 g/mol. The van der Waals surface area contributed by atoms with Crippen LogP contribution >= 0.6 is 0 Å². The maximum Gasteiger partial charge on any atom is 0.331 e. The number of hydrogen-bond donors (Lipinski definition) is 0. The highest BCUT2D eigenvalue weighted by Gasteiger charge is 2.21. The molecule has 19 heavy (non-hydrogen) atoms. The van der Waals surface area contributed by atoms with Crippen molar-refractivity contribution in [1.82, 2.24) is 9.88 Å². The zero-order valence-corrected chi connectivity index (χ0v) is 11.2. The number of anilines is 1. The van der Waals surface area contributed by atoms with Crippen LogP contribution in [0.3, 0.4) is 0 Å². The van der Waals surface area contributed by atoms with Crippen LogP contribution in [0.4, 0.5) is 11.5 Å². The maximum absolute atomic E-state index is 10.8. The van der Waals surface area contributed by atoms with Crippen LogP contribution < -0.4 is 9.64 Å². The van der Waals surface area contributed by atoms with Gasteiger partial charge in [-0.2, -0.15) is 4.98 Å². The van der Waals surface area contributed by atoms with Gasteiger partial charge in [0.05, 0.1) is 12.0 Å². The quantitative estimate of drug-likeness (QED) is 0.601. The number of methoxy groups -OCH3 is 1. The Kier molecular flexibility index (Phi) is 4.16. The minimum atomic E-state index is -0.482. The smallest absolute Gasteiger partial charge is 0.331 e. The van der Waals surface area contributed by atoms with E-state index in [0.717, 1.165) is 38.5 Å². The minimum Gasteiger partial charge on any atom is -0.476 e. The summed E-state index contributed by atoms with van der Waals surface area (Å²) in [6.45, 7) is 6.91. The zero-order valence-electron chi connectivity index (χ0n) is 11.2. The Hall–Kier alpha value is -1.89. The Bertz CT molecular complexity index is 458. The van der Waals surface area contributed by atoms with Gasteiger partial charge < -0.3 is 14.5 Å². The summed E-state index contributed by atoms with van der Waals surface area (Å²) >= 11 is 0. The SMILES string of the molecule is CCN1CCN(c2ccc([N+](=O)[O-])c(OC)n2)CC1. The summed E-state index contributed by atoms with van der Waals surface area (Å²) in [7, 11) is 1.40. The van der Waals surface area contributed by atoms with Crippen LogP contribution in [0, 0.1) is 10.1 Å². The number of nitro groups is 1. The van der Waals surface area contributed by atoms with E-state index in [1.165, 1.54) is 13.2 Å². The highest BCUT2D eigenvalue weighted by molar-refractivity contribution is 5.50. The summed E-state index contributed by atoms with van der Waals surface area (Å²) in [6.07, 6.45) is 0. The Morgan fingerprint density at radius 3 is 2.58 bits per heavy atom. The lowest BCUT2D eigenvalue weighted by Crippen LogP contribution is -2.46. The number of nitrogens with zero attached hydrogens (tertiary/aromatic N) is 4. The number of likely N-dealkylation sites (N-methyl/N-ethyl adjacent to an activating group) is 1. The second kappa shape index (κ2) is 5.83. The van der Waals surface area contributed by atoms with Crippen molar-refractivity contribution >= 4 is 11.5 Å². The Balaban J connectivity index is 2.15. The second-order valence-electron chi connectivity index (χ2n) is 4.38. The molecule has 1 aliphatic heterocycles. The van der Waals surface area contributed by atoms with Crippen molar-refractivity contribution < 1.29 is 9.66 Å². The number of hydrogen-bond acceptors (Lipinski definition) is 6. The van der Waals surface area contributed by atoms with Gasteiger partial charge in [-0.05, 0) is 12.6 Å². The van der Waals surface area contributed by atoms with Gasteiger partial charge in [0.15, 0.2) is 0 Å². The van der Waals surface area contributed by atoms with E-state index >= 15 is 0 Å². The monoisotopic (exact) mass is 266 g/mol. The van der Waals surface area contributed by atoms with Crippen molar-refractivity contribution in [2.45, 2.75) is 6.92 Å². The molecule has 0 spiro atoms. The topological polar surface area (TPSA) is 71.7 Å². The molecule has 0 aromatic carbocycles. The van der Waals surface area contributed by atoms with Gasteiger partial charge in [0.2, 0.25) is 0 Å². The molecule has 1 saturated heterocycles. The molecule has 0 unspecified atom stereocenters. The molecule has 2 rings (SSSR count). The van der Waals surface area contributed by atoms with Gasteiger partial charge in [0.1, 0.15) is 5.82 Å². The molecule has 0 N–H and O–H groups in total. The number of ether oxygens (including phenoxy) is 1. The van der Waals surface area contributed by atoms with Gasteiger partial charge in [-0.1, -0.05) is 6.92 Å². The molecule has 7 nitrogen and oxygen atoms in total. The predicted molar refractivity (Wildman–Crippen MR) is 71.8 cm³/mol. The van der Waals surface area contributed by atoms with Crippen LogP contribution in [0.5, 0.6) is 5.88 Å². The second-order valence-corrected chi connectivity index (χ2v) is 4.38. The van der Waals surface area contributed by atoms with E-state index in [9.17, 15) is 10.1 Å². The molecule has 1 aromatic rings. The van der Waals surface area contributed by atoms with Crippen LogP contribution in [0.15, 0.2) is 12.1 Å². The summed E-state index contributed by atoms with van der Waals surface area (Å²) in [5, 5.41) is 10.8. The Morgan fingerprint density at radius 1 is 1.37 bits per heavy atom. The van der Waals surface area contributed by atoms with E-state index in [1.54, 1.807) is 6.07 Å². The molecule has 0 saturated carbocycles. The summed E-state index contributed by atoms with van der Waals surface area (Å²) in [4.78, 5) is 19.0. The van der Waals surface area contributed by atoms with E-state index in [4.69, 9.17) is 4.74 Å². The molecule has 1 aliphatic rings. The third-order valence-corrected chi connectivity index (χ3v) is 3.36. The first-order chi connectivity index (χ1) is 9.15. The van der Waals surface area contributed by atoms with Crippen molar-refractivity contribution in [1.29, 1.82) is 0 Å². The summed E-state index contributed by atoms with van der Waals surface area (Å²) in [5.74, 6) is 0.804. The third kappa shape index (κ3) is 2.93. The molecule has 2 heterocycles.